The second kappa shape index (κ2) is 7.44. The molecule has 9 heteroatoms. The van der Waals surface area contributed by atoms with Crippen molar-refractivity contribution in [3.8, 4) is 0 Å². The Hall–Kier alpha value is -2.58. The second-order valence-corrected chi connectivity index (χ2v) is 7.23. The number of aromatic nitrogens is 3. The lowest BCUT2D eigenvalue weighted by Crippen LogP contribution is -2.47. The van der Waals surface area contributed by atoms with Crippen molar-refractivity contribution >= 4 is 17.5 Å². The minimum Gasteiger partial charge on any atom is -0.368 e. The number of nitrogens with zero attached hydrogens (tertiary/aromatic N) is 6. The van der Waals surface area contributed by atoms with Crippen molar-refractivity contribution in [3.63, 3.8) is 0 Å². The van der Waals surface area contributed by atoms with Gasteiger partial charge in [0.1, 0.15) is 11.5 Å². The Labute approximate surface area is 162 Å². The minimum atomic E-state index is -4.43. The molecule has 0 saturated carbocycles. The van der Waals surface area contributed by atoms with Gasteiger partial charge in [0.15, 0.2) is 0 Å². The molecule has 2 aliphatic heterocycles. The molecule has 0 spiro atoms. The molecule has 0 bridgehead atoms. The van der Waals surface area contributed by atoms with Gasteiger partial charge < -0.3 is 14.7 Å². The van der Waals surface area contributed by atoms with E-state index < -0.39 is 11.9 Å². The summed E-state index contributed by atoms with van der Waals surface area (Å²) in [7, 11) is 0. The van der Waals surface area contributed by atoms with Gasteiger partial charge in [-0.25, -0.2) is 4.98 Å². The molecule has 4 heterocycles. The van der Waals surface area contributed by atoms with Crippen LogP contribution in [0.5, 0.6) is 0 Å². The first-order chi connectivity index (χ1) is 13.4. The highest BCUT2D eigenvalue weighted by Crippen LogP contribution is 2.30. The molecular formula is C19H23F3N6. The lowest BCUT2D eigenvalue weighted by molar-refractivity contribution is -0.141. The number of anilines is 3. The van der Waals surface area contributed by atoms with E-state index in [0.717, 1.165) is 49.5 Å². The van der Waals surface area contributed by atoms with E-state index in [-0.39, 0.29) is 0 Å². The smallest absolute Gasteiger partial charge is 0.368 e. The maximum atomic E-state index is 12.9. The van der Waals surface area contributed by atoms with E-state index >= 15 is 0 Å². The molecule has 2 aromatic rings. The van der Waals surface area contributed by atoms with Crippen LogP contribution in [-0.2, 0) is 6.18 Å². The van der Waals surface area contributed by atoms with Crippen LogP contribution in [0.3, 0.4) is 0 Å². The van der Waals surface area contributed by atoms with E-state index in [2.05, 4.69) is 19.8 Å². The monoisotopic (exact) mass is 392 g/mol. The van der Waals surface area contributed by atoms with Crippen molar-refractivity contribution in [2.24, 2.45) is 0 Å². The van der Waals surface area contributed by atoms with Gasteiger partial charge in [-0.15, -0.1) is 0 Å². The second-order valence-electron chi connectivity index (χ2n) is 7.23. The van der Waals surface area contributed by atoms with Crippen LogP contribution in [0.25, 0.3) is 0 Å². The summed E-state index contributed by atoms with van der Waals surface area (Å²) in [6.07, 6.45) is -0.878. The van der Waals surface area contributed by atoms with E-state index in [0.29, 0.717) is 31.9 Å². The van der Waals surface area contributed by atoms with Gasteiger partial charge in [-0.05, 0) is 31.9 Å². The number of hydrogen-bond donors (Lipinski definition) is 0. The lowest BCUT2D eigenvalue weighted by atomic mass is 10.2. The molecule has 28 heavy (non-hydrogen) atoms. The van der Waals surface area contributed by atoms with Crippen LogP contribution in [-0.4, -0.2) is 54.2 Å². The molecule has 0 radical (unpaired) electrons. The van der Waals surface area contributed by atoms with Crippen LogP contribution >= 0.6 is 0 Å². The van der Waals surface area contributed by atoms with Crippen LogP contribution in [0.4, 0.5) is 30.6 Å². The van der Waals surface area contributed by atoms with Gasteiger partial charge >= 0.3 is 6.18 Å². The number of rotatable bonds is 3. The minimum absolute atomic E-state index is 0.554. The number of aryl methyl sites for hydroxylation is 1. The van der Waals surface area contributed by atoms with E-state index in [1.54, 1.807) is 6.07 Å². The Kier molecular flexibility index (Phi) is 4.99. The zero-order valence-corrected chi connectivity index (χ0v) is 15.8. The van der Waals surface area contributed by atoms with Gasteiger partial charge in [-0.1, -0.05) is 0 Å². The molecule has 0 atom stereocenters. The topological polar surface area (TPSA) is 48.4 Å². The quantitative estimate of drug-likeness (QED) is 0.800. The Balaban J connectivity index is 1.46. The predicted octanol–water partition coefficient (Wildman–Crippen LogP) is 3.13. The van der Waals surface area contributed by atoms with Crippen molar-refractivity contribution in [1.82, 2.24) is 15.0 Å². The fourth-order valence-corrected chi connectivity index (χ4v) is 3.72. The average Bonchev–Trinajstić information content (AvgIpc) is 3.22. The molecule has 2 saturated heterocycles. The highest BCUT2D eigenvalue weighted by molar-refractivity contribution is 5.51. The van der Waals surface area contributed by atoms with E-state index in [1.807, 2.05) is 17.9 Å². The molecule has 2 aliphatic rings. The fraction of sp³-hybridized carbons (Fsp3) is 0.526. The van der Waals surface area contributed by atoms with Crippen molar-refractivity contribution in [3.05, 3.63) is 35.8 Å². The third kappa shape index (κ3) is 3.98. The fourth-order valence-electron chi connectivity index (χ4n) is 3.72. The molecule has 2 fully saturated rings. The summed E-state index contributed by atoms with van der Waals surface area (Å²) in [6, 6.07) is 4.73. The van der Waals surface area contributed by atoms with Gasteiger partial charge in [-0.3, -0.25) is 4.98 Å². The van der Waals surface area contributed by atoms with Crippen LogP contribution in [0.1, 0.15) is 24.2 Å². The average molecular weight is 392 g/mol. The predicted molar refractivity (Wildman–Crippen MR) is 102 cm³/mol. The molecule has 150 valence electrons. The highest BCUT2D eigenvalue weighted by atomic mass is 19.4. The van der Waals surface area contributed by atoms with Crippen molar-refractivity contribution in [2.45, 2.75) is 25.9 Å². The molecule has 4 rings (SSSR count). The lowest BCUT2D eigenvalue weighted by Gasteiger charge is -2.37. The van der Waals surface area contributed by atoms with Crippen LogP contribution in [0.15, 0.2) is 24.4 Å². The maximum absolute atomic E-state index is 12.9. The zero-order valence-electron chi connectivity index (χ0n) is 15.8. The first-order valence-electron chi connectivity index (χ1n) is 9.54. The molecule has 0 unspecified atom stereocenters. The Bertz CT molecular complexity index is 827. The molecule has 0 aromatic carbocycles. The molecule has 0 aliphatic carbocycles. The molecule has 0 N–H and O–H groups in total. The summed E-state index contributed by atoms with van der Waals surface area (Å²) in [5, 5.41) is 0. The van der Waals surface area contributed by atoms with Gasteiger partial charge in [0, 0.05) is 62.9 Å². The largest absolute Gasteiger partial charge is 0.433 e. The number of hydrogen-bond acceptors (Lipinski definition) is 6. The number of pyridine rings is 1. The first kappa shape index (κ1) is 18.8. The number of piperazine rings is 1. The van der Waals surface area contributed by atoms with E-state index in [4.69, 9.17) is 4.98 Å². The summed E-state index contributed by atoms with van der Waals surface area (Å²) < 4.78 is 38.7. The van der Waals surface area contributed by atoms with Crippen molar-refractivity contribution in [2.75, 3.05) is 54.0 Å². The standard InChI is InChI=1S/C19H23F3N6/c1-14-12-17(25-18(24-14)28-6-2-3-7-28)27-10-8-26(9-11-27)15-4-5-23-16(13-15)19(20,21)22/h4-5,12-13H,2-3,6-11H2,1H3. The van der Waals surface area contributed by atoms with Gasteiger partial charge in [0.25, 0.3) is 0 Å². The SMILES string of the molecule is Cc1cc(N2CCN(c3ccnc(C(F)(F)F)c3)CC2)nc(N2CCCC2)n1. The third-order valence-corrected chi connectivity index (χ3v) is 5.22. The Morgan fingerprint density at radius 2 is 1.54 bits per heavy atom. The maximum Gasteiger partial charge on any atom is 0.433 e. The van der Waals surface area contributed by atoms with E-state index in [1.165, 1.54) is 6.20 Å². The molecule has 0 amide bonds. The summed E-state index contributed by atoms with van der Waals surface area (Å²) in [5.41, 5.74) is 0.631. The normalized spacial score (nSPS) is 18.1. The molecule has 6 nitrogen and oxygen atoms in total. The van der Waals surface area contributed by atoms with Crippen LogP contribution in [0, 0.1) is 6.92 Å². The molecule has 2 aromatic heterocycles. The Morgan fingerprint density at radius 1 is 0.857 bits per heavy atom. The highest BCUT2D eigenvalue weighted by Gasteiger charge is 2.33. The van der Waals surface area contributed by atoms with Crippen LogP contribution < -0.4 is 14.7 Å². The van der Waals surface area contributed by atoms with Gasteiger partial charge in [-0.2, -0.15) is 18.2 Å². The Morgan fingerprint density at radius 3 is 2.21 bits per heavy atom. The summed E-state index contributed by atoms with van der Waals surface area (Å²) >= 11 is 0. The van der Waals surface area contributed by atoms with Gasteiger partial charge in [0.2, 0.25) is 5.95 Å². The molecular weight excluding hydrogens is 369 g/mol. The summed E-state index contributed by atoms with van der Waals surface area (Å²) in [4.78, 5) is 19.1. The third-order valence-electron chi connectivity index (χ3n) is 5.22. The van der Waals surface area contributed by atoms with Crippen LogP contribution in [0.2, 0.25) is 0 Å². The number of halogens is 3. The number of alkyl halides is 3. The summed E-state index contributed by atoms with van der Waals surface area (Å²) in [6.45, 7) is 6.59. The summed E-state index contributed by atoms with van der Waals surface area (Å²) in [5.74, 6) is 1.67. The van der Waals surface area contributed by atoms with Crippen molar-refractivity contribution < 1.29 is 13.2 Å². The zero-order chi connectivity index (χ0) is 19.7. The van der Waals surface area contributed by atoms with Crippen molar-refractivity contribution in [1.29, 1.82) is 0 Å². The van der Waals surface area contributed by atoms with E-state index in [9.17, 15) is 13.2 Å². The first-order valence-corrected chi connectivity index (χ1v) is 9.54. The van der Waals surface area contributed by atoms with Gasteiger partial charge in [0.05, 0.1) is 0 Å².